The van der Waals surface area contributed by atoms with Gasteiger partial charge in [0.1, 0.15) is 29.9 Å². The molecule has 0 aliphatic carbocycles. The lowest BCUT2D eigenvalue weighted by molar-refractivity contribution is -0.156. The van der Waals surface area contributed by atoms with E-state index in [4.69, 9.17) is 25.8 Å². The minimum absolute atomic E-state index is 0.00385. The van der Waals surface area contributed by atoms with Crippen LogP contribution in [-0.2, 0) is 28.7 Å². The van der Waals surface area contributed by atoms with Crippen molar-refractivity contribution in [3.8, 4) is 0 Å². The van der Waals surface area contributed by atoms with E-state index in [1.807, 2.05) is 0 Å². The van der Waals surface area contributed by atoms with Crippen LogP contribution in [0.25, 0.3) is 0 Å². The van der Waals surface area contributed by atoms with Crippen LogP contribution in [0.2, 0.25) is 0 Å². The van der Waals surface area contributed by atoms with Crippen LogP contribution in [0.5, 0.6) is 0 Å². The molecule has 188 valence electrons. The SMILES string of the molecule is CO/N=C(\C(=O)N[C@@H]1C(=O)N2C(C(=O)OCOC(=O)c3ccc(N)cc3)=CCS[C@H]12)c1csc(N)n1. The van der Waals surface area contributed by atoms with Crippen molar-refractivity contribution in [3.05, 3.63) is 52.7 Å². The number of thioether (sulfide) groups is 1. The molecule has 2 aromatic rings. The highest BCUT2D eigenvalue weighted by Gasteiger charge is 2.53. The molecule has 0 bridgehead atoms. The van der Waals surface area contributed by atoms with Crippen molar-refractivity contribution >= 4 is 63.4 Å². The summed E-state index contributed by atoms with van der Waals surface area (Å²) < 4.78 is 9.97. The van der Waals surface area contributed by atoms with E-state index in [1.165, 1.54) is 59.5 Å². The number of benzene rings is 1. The number of thiazole rings is 1. The number of oxime groups is 1. The normalized spacial score (nSPS) is 18.9. The summed E-state index contributed by atoms with van der Waals surface area (Å²) in [7, 11) is 1.27. The third kappa shape index (κ3) is 5.11. The second-order valence-corrected chi connectivity index (χ2v) is 9.31. The minimum Gasteiger partial charge on any atom is -0.424 e. The Bertz CT molecular complexity index is 1260. The fourth-order valence-corrected chi connectivity index (χ4v) is 5.09. The molecular formula is C21H20N6O7S2. The number of carbonyl (C=O) groups excluding carboxylic acids is 4. The molecular weight excluding hydrogens is 512 g/mol. The first-order chi connectivity index (χ1) is 17.3. The number of hydrogen-bond donors (Lipinski definition) is 3. The first-order valence-corrected chi connectivity index (χ1v) is 12.2. The molecule has 36 heavy (non-hydrogen) atoms. The Morgan fingerprint density at radius 2 is 1.92 bits per heavy atom. The van der Waals surface area contributed by atoms with Gasteiger partial charge < -0.3 is 31.1 Å². The first-order valence-electron chi connectivity index (χ1n) is 10.3. The van der Waals surface area contributed by atoms with E-state index < -0.39 is 42.0 Å². The summed E-state index contributed by atoms with van der Waals surface area (Å²) in [4.78, 5) is 60.2. The summed E-state index contributed by atoms with van der Waals surface area (Å²) in [5.41, 5.74) is 12.0. The van der Waals surface area contributed by atoms with Gasteiger partial charge in [-0.15, -0.1) is 23.1 Å². The topological polar surface area (TPSA) is 189 Å². The first kappa shape index (κ1) is 25.0. The van der Waals surface area contributed by atoms with Crippen LogP contribution in [0.3, 0.4) is 0 Å². The Hall–Kier alpha value is -4.11. The zero-order valence-electron chi connectivity index (χ0n) is 18.7. The number of ether oxygens (including phenoxy) is 2. The van der Waals surface area contributed by atoms with Crippen LogP contribution >= 0.6 is 23.1 Å². The van der Waals surface area contributed by atoms with Gasteiger partial charge in [-0.05, 0) is 30.3 Å². The lowest BCUT2D eigenvalue weighted by Gasteiger charge is -2.48. The van der Waals surface area contributed by atoms with Crippen LogP contribution in [0.4, 0.5) is 10.8 Å². The van der Waals surface area contributed by atoms with Crippen molar-refractivity contribution in [2.45, 2.75) is 11.4 Å². The van der Waals surface area contributed by atoms with E-state index in [9.17, 15) is 19.2 Å². The standard InChI is InChI=1S/C21H20N6O7S2/c1-32-26-14(12-8-36-21(23)24-12)16(28)25-15-17(29)27-13(6-7-35-18(15)27)20(31)34-9-33-19(30)10-2-4-11(22)5-3-10/h2-6,8,15,18H,7,9,22H2,1H3,(H2,23,24)(H,25,28)/b26-14-/t15-,18-/m1/s1. The number of nitrogen functional groups attached to an aromatic ring is 2. The van der Waals surface area contributed by atoms with Gasteiger partial charge in [-0.25, -0.2) is 14.6 Å². The van der Waals surface area contributed by atoms with Crippen LogP contribution < -0.4 is 16.8 Å². The largest absolute Gasteiger partial charge is 0.424 e. The number of nitrogens with two attached hydrogens (primary N) is 2. The highest BCUT2D eigenvalue weighted by molar-refractivity contribution is 8.00. The van der Waals surface area contributed by atoms with E-state index in [2.05, 4.69) is 15.5 Å². The Morgan fingerprint density at radius 3 is 2.58 bits per heavy atom. The molecule has 0 radical (unpaired) electrons. The predicted octanol–water partition coefficient (Wildman–Crippen LogP) is 0.300. The third-order valence-electron chi connectivity index (χ3n) is 5.03. The van der Waals surface area contributed by atoms with Crippen molar-refractivity contribution < 1.29 is 33.5 Å². The van der Waals surface area contributed by atoms with Crippen LogP contribution in [0, 0.1) is 0 Å². The fraction of sp³-hybridized carbons (Fsp3) is 0.238. The fourth-order valence-electron chi connectivity index (χ4n) is 3.34. The van der Waals surface area contributed by atoms with Gasteiger partial charge in [0.05, 0.1) is 5.56 Å². The van der Waals surface area contributed by atoms with Crippen molar-refractivity contribution in [1.82, 2.24) is 15.2 Å². The van der Waals surface area contributed by atoms with Gasteiger partial charge >= 0.3 is 11.9 Å². The monoisotopic (exact) mass is 532 g/mol. The van der Waals surface area contributed by atoms with E-state index in [0.29, 0.717) is 11.4 Å². The smallest absolute Gasteiger partial charge is 0.357 e. The highest BCUT2D eigenvalue weighted by atomic mass is 32.2. The van der Waals surface area contributed by atoms with Crippen molar-refractivity contribution in [2.75, 3.05) is 31.1 Å². The van der Waals surface area contributed by atoms with Crippen molar-refractivity contribution in [2.24, 2.45) is 5.16 Å². The number of nitrogens with one attached hydrogen (secondary N) is 1. The average molecular weight is 533 g/mol. The Balaban J connectivity index is 1.34. The number of rotatable bonds is 8. The second-order valence-electron chi connectivity index (χ2n) is 7.27. The third-order valence-corrected chi connectivity index (χ3v) is 6.89. The Morgan fingerprint density at radius 1 is 1.19 bits per heavy atom. The number of aromatic nitrogens is 1. The number of carbonyl (C=O) groups is 4. The van der Waals surface area contributed by atoms with Gasteiger partial charge in [0, 0.05) is 16.8 Å². The number of nitrogens with zero attached hydrogens (tertiary/aromatic N) is 3. The molecule has 2 aliphatic heterocycles. The van der Waals surface area contributed by atoms with Crippen molar-refractivity contribution in [3.63, 3.8) is 0 Å². The van der Waals surface area contributed by atoms with Gasteiger partial charge in [-0.2, -0.15) is 0 Å². The van der Waals surface area contributed by atoms with Gasteiger partial charge in [0.25, 0.3) is 11.8 Å². The number of anilines is 2. The maximum Gasteiger partial charge on any atom is 0.357 e. The molecule has 1 fully saturated rings. The van der Waals surface area contributed by atoms with Crippen LogP contribution in [-0.4, -0.2) is 70.4 Å². The summed E-state index contributed by atoms with van der Waals surface area (Å²) in [5.74, 6) is -2.36. The molecule has 0 saturated carbocycles. The summed E-state index contributed by atoms with van der Waals surface area (Å²) in [6, 6.07) is 5.11. The number of amides is 2. The lowest BCUT2D eigenvalue weighted by atomic mass is 10.0. The Kier molecular flexibility index (Phi) is 7.40. The number of β-lactam (4-membered cyclic amide) rings is 1. The molecule has 2 amide bonds. The number of esters is 2. The van der Waals surface area contributed by atoms with E-state index in [0.717, 1.165) is 11.3 Å². The molecule has 1 saturated heterocycles. The summed E-state index contributed by atoms with van der Waals surface area (Å²) in [6.07, 6.45) is 1.52. The molecule has 13 nitrogen and oxygen atoms in total. The maximum atomic E-state index is 12.8. The molecule has 0 unspecified atom stereocenters. The zero-order valence-corrected chi connectivity index (χ0v) is 20.3. The molecule has 1 aromatic heterocycles. The second kappa shape index (κ2) is 10.7. The quantitative estimate of drug-likeness (QED) is 0.106. The van der Waals surface area contributed by atoms with E-state index in [-0.39, 0.29) is 27.8 Å². The predicted molar refractivity (Wildman–Crippen MR) is 130 cm³/mol. The van der Waals surface area contributed by atoms with Gasteiger partial charge in [0.15, 0.2) is 10.8 Å². The Labute approximate surface area is 212 Å². The molecule has 1 aromatic carbocycles. The molecule has 15 heteroatoms. The lowest BCUT2D eigenvalue weighted by Crippen LogP contribution is -2.70. The summed E-state index contributed by atoms with van der Waals surface area (Å²) in [6.45, 7) is -0.646. The van der Waals surface area contributed by atoms with E-state index >= 15 is 0 Å². The van der Waals surface area contributed by atoms with Gasteiger partial charge in [-0.1, -0.05) is 5.16 Å². The molecule has 2 atom stereocenters. The maximum absolute atomic E-state index is 12.8. The van der Waals surface area contributed by atoms with E-state index in [1.54, 1.807) is 0 Å². The number of hydrogen-bond acceptors (Lipinski definition) is 13. The van der Waals surface area contributed by atoms with Gasteiger partial charge in [0.2, 0.25) is 6.79 Å². The molecule has 3 heterocycles. The van der Waals surface area contributed by atoms with Gasteiger partial charge in [-0.3, -0.25) is 14.5 Å². The zero-order chi connectivity index (χ0) is 25.8. The molecule has 0 spiro atoms. The van der Waals surface area contributed by atoms with Crippen molar-refractivity contribution in [1.29, 1.82) is 0 Å². The molecule has 2 aliphatic rings. The summed E-state index contributed by atoms with van der Waals surface area (Å²) >= 11 is 2.47. The minimum atomic E-state index is -0.916. The van der Waals surface area contributed by atoms with Crippen LogP contribution in [0.15, 0.2) is 46.6 Å². The number of fused-ring (bicyclic) bond motifs is 1. The molecule has 5 N–H and O–H groups in total. The van der Waals surface area contributed by atoms with Crippen LogP contribution in [0.1, 0.15) is 16.1 Å². The average Bonchev–Trinajstić information content (AvgIpc) is 3.30. The highest BCUT2D eigenvalue weighted by Crippen LogP contribution is 2.37. The molecule has 4 rings (SSSR count). The summed E-state index contributed by atoms with van der Waals surface area (Å²) in [5, 5.41) is 7.52.